The summed E-state index contributed by atoms with van der Waals surface area (Å²) in [6, 6.07) is 0. The van der Waals surface area contributed by atoms with E-state index in [1.54, 1.807) is 0 Å². The highest BCUT2D eigenvalue weighted by Crippen LogP contribution is 2.24. The number of carbonyl (C=O) groups excluding carboxylic acids is 2. The van der Waals surface area contributed by atoms with Crippen LogP contribution in [-0.4, -0.2) is 23.1 Å². The van der Waals surface area contributed by atoms with Gasteiger partial charge in [0.05, 0.1) is 0 Å². The van der Waals surface area contributed by atoms with Gasteiger partial charge in [0.25, 0.3) is 0 Å². The van der Waals surface area contributed by atoms with Crippen molar-refractivity contribution in [2.45, 2.75) is 92.3 Å². The second-order valence-corrected chi connectivity index (χ2v) is 8.13. The number of ether oxygens (including phenoxy) is 2. The van der Waals surface area contributed by atoms with Crippen molar-refractivity contribution in [3.8, 4) is 0 Å². The first kappa shape index (κ1) is 22.7. The van der Waals surface area contributed by atoms with Crippen LogP contribution in [0.15, 0.2) is 12.2 Å². The predicted octanol–water partition coefficient (Wildman–Crippen LogP) is 5.06. The molecule has 0 saturated heterocycles. The number of esters is 2. The topological polar surface area (TPSA) is 52.6 Å². The van der Waals surface area contributed by atoms with Gasteiger partial charge in [-0.05, 0) is 52.4 Å². The summed E-state index contributed by atoms with van der Waals surface area (Å²) in [6.45, 7) is 16.0. The van der Waals surface area contributed by atoms with Gasteiger partial charge >= 0.3 is 11.9 Å². The zero-order valence-electron chi connectivity index (χ0n) is 16.8. The summed E-state index contributed by atoms with van der Waals surface area (Å²) in [5, 5.41) is 0. The highest BCUT2D eigenvalue weighted by atomic mass is 16.6. The van der Waals surface area contributed by atoms with E-state index in [0.29, 0.717) is 11.8 Å². The zero-order chi connectivity index (χ0) is 19.0. The molecule has 2 atom stereocenters. The van der Waals surface area contributed by atoms with Gasteiger partial charge in [-0.15, -0.1) is 0 Å². The summed E-state index contributed by atoms with van der Waals surface area (Å²) in [6.07, 6.45) is 5.95. The molecular formula is C20H36O4. The lowest BCUT2D eigenvalue weighted by Gasteiger charge is -2.28. The molecule has 0 aromatic rings. The fraction of sp³-hybridized carbons (Fsp3) is 0.800. The van der Waals surface area contributed by atoms with E-state index in [-0.39, 0.29) is 0 Å². The minimum atomic E-state index is -0.545. The number of hydrogen-bond donors (Lipinski definition) is 0. The molecule has 4 nitrogen and oxygen atoms in total. The van der Waals surface area contributed by atoms with Crippen LogP contribution in [0.5, 0.6) is 0 Å². The van der Waals surface area contributed by atoms with Gasteiger partial charge in [0, 0.05) is 12.2 Å². The molecule has 0 amide bonds. The van der Waals surface area contributed by atoms with Gasteiger partial charge in [-0.1, -0.05) is 40.5 Å². The summed E-state index contributed by atoms with van der Waals surface area (Å²) in [5.74, 6) is -0.0776. The van der Waals surface area contributed by atoms with Crippen LogP contribution in [0.25, 0.3) is 0 Å². The molecule has 140 valence electrons. The molecule has 0 spiro atoms. The maximum absolute atomic E-state index is 11.9. The number of carbonyl (C=O) groups is 2. The summed E-state index contributed by atoms with van der Waals surface area (Å²) >= 11 is 0. The van der Waals surface area contributed by atoms with Crippen molar-refractivity contribution in [2.75, 3.05) is 0 Å². The van der Waals surface area contributed by atoms with Crippen LogP contribution in [0.2, 0.25) is 0 Å². The minimum Gasteiger partial charge on any atom is -0.456 e. The van der Waals surface area contributed by atoms with E-state index in [4.69, 9.17) is 9.47 Å². The number of hydrogen-bond acceptors (Lipinski definition) is 4. The summed E-state index contributed by atoms with van der Waals surface area (Å²) in [5.41, 5.74) is -1.09. The molecule has 24 heavy (non-hydrogen) atoms. The molecule has 0 rings (SSSR count). The van der Waals surface area contributed by atoms with Crippen LogP contribution in [0, 0.1) is 11.8 Å². The van der Waals surface area contributed by atoms with Gasteiger partial charge < -0.3 is 9.47 Å². The Morgan fingerprint density at radius 2 is 1.08 bits per heavy atom. The van der Waals surface area contributed by atoms with E-state index in [2.05, 4.69) is 27.7 Å². The molecule has 0 aliphatic rings. The maximum atomic E-state index is 11.9. The quantitative estimate of drug-likeness (QED) is 0.412. The predicted molar refractivity (Wildman–Crippen MR) is 97.6 cm³/mol. The first-order valence-electron chi connectivity index (χ1n) is 9.04. The van der Waals surface area contributed by atoms with Gasteiger partial charge in [0.1, 0.15) is 11.2 Å². The Morgan fingerprint density at radius 3 is 1.33 bits per heavy atom. The molecule has 4 heteroatoms. The second kappa shape index (κ2) is 9.85. The Labute approximate surface area is 148 Å². The van der Waals surface area contributed by atoms with E-state index in [0.717, 1.165) is 37.8 Å². The maximum Gasteiger partial charge on any atom is 0.331 e. The summed E-state index contributed by atoms with van der Waals surface area (Å²) in [7, 11) is 0. The van der Waals surface area contributed by atoms with E-state index in [1.807, 2.05) is 27.7 Å². The lowest BCUT2D eigenvalue weighted by molar-refractivity contribution is -0.154. The van der Waals surface area contributed by atoms with Crippen molar-refractivity contribution in [3.63, 3.8) is 0 Å². The number of rotatable bonds is 10. The van der Waals surface area contributed by atoms with Gasteiger partial charge in [0.15, 0.2) is 0 Å². The van der Waals surface area contributed by atoms with Crippen LogP contribution >= 0.6 is 0 Å². The Hall–Kier alpha value is -1.32. The monoisotopic (exact) mass is 340 g/mol. The third-order valence-corrected chi connectivity index (χ3v) is 4.18. The van der Waals surface area contributed by atoms with Crippen LogP contribution in [-0.2, 0) is 19.1 Å². The van der Waals surface area contributed by atoms with Crippen LogP contribution < -0.4 is 0 Å². The first-order valence-corrected chi connectivity index (χ1v) is 9.04. The standard InChI is InChI=1S/C20H36O4/c1-9-15(3)13-19(5,6)23-17(21)11-12-18(22)24-20(7,8)14-16(4)10-2/h11-12,15-16H,9-10,13-14H2,1-8H3/b12-11+. The summed E-state index contributed by atoms with van der Waals surface area (Å²) in [4.78, 5) is 23.8. The van der Waals surface area contributed by atoms with Gasteiger partial charge in [-0.25, -0.2) is 9.59 Å². The van der Waals surface area contributed by atoms with Crippen LogP contribution in [0.3, 0.4) is 0 Å². The van der Waals surface area contributed by atoms with Crippen molar-refractivity contribution < 1.29 is 19.1 Å². The molecule has 0 saturated carbocycles. The molecule has 0 fully saturated rings. The fourth-order valence-corrected chi connectivity index (χ4v) is 2.80. The van der Waals surface area contributed by atoms with Gasteiger partial charge in [-0.2, -0.15) is 0 Å². The molecule has 0 aromatic carbocycles. The van der Waals surface area contributed by atoms with Gasteiger partial charge in [-0.3, -0.25) is 0 Å². The molecule has 0 N–H and O–H groups in total. The third-order valence-electron chi connectivity index (χ3n) is 4.18. The first-order chi connectivity index (χ1) is 10.9. The molecule has 0 aliphatic heterocycles. The van der Waals surface area contributed by atoms with Crippen molar-refractivity contribution in [3.05, 3.63) is 12.2 Å². The SMILES string of the molecule is CCC(C)CC(C)(C)OC(=O)/C=C/C(=O)OC(C)(C)CC(C)CC. The van der Waals surface area contributed by atoms with Crippen LogP contribution in [0.1, 0.15) is 81.1 Å². The van der Waals surface area contributed by atoms with Crippen LogP contribution in [0.4, 0.5) is 0 Å². The van der Waals surface area contributed by atoms with E-state index in [9.17, 15) is 9.59 Å². The van der Waals surface area contributed by atoms with E-state index >= 15 is 0 Å². The van der Waals surface area contributed by atoms with E-state index < -0.39 is 23.1 Å². The third kappa shape index (κ3) is 10.5. The molecule has 0 radical (unpaired) electrons. The average Bonchev–Trinajstić information content (AvgIpc) is 2.42. The lowest BCUT2D eigenvalue weighted by atomic mass is 9.93. The Kier molecular flexibility index (Phi) is 9.31. The summed E-state index contributed by atoms with van der Waals surface area (Å²) < 4.78 is 10.9. The molecule has 0 aromatic heterocycles. The smallest absolute Gasteiger partial charge is 0.331 e. The van der Waals surface area contributed by atoms with Crippen molar-refractivity contribution in [1.29, 1.82) is 0 Å². The normalized spacial score (nSPS) is 15.2. The molecule has 0 heterocycles. The molecule has 0 aliphatic carbocycles. The lowest BCUT2D eigenvalue weighted by Crippen LogP contribution is -2.30. The zero-order valence-corrected chi connectivity index (χ0v) is 16.8. The second-order valence-electron chi connectivity index (χ2n) is 8.13. The highest BCUT2D eigenvalue weighted by Gasteiger charge is 2.26. The minimum absolute atomic E-state index is 0.475. The Bertz CT molecular complexity index is 395. The van der Waals surface area contributed by atoms with Crippen molar-refractivity contribution in [1.82, 2.24) is 0 Å². The Morgan fingerprint density at radius 1 is 0.792 bits per heavy atom. The van der Waals surface area contributed by atoms with Gasteiger partial charge in [0.2, 0.25) is 0 Å². The largest absolute Gasteiger partial charge is 0.456 e. The average molecular weight is 341 g/mol. The van der Waals surface area contributed by atoms with E-state index in [1.165, 1.54) is 0 Å². The molecular weight excluding hydrogens is 304 g/mol. The van der Waals surface area contributed by atoms with Crippen molar-refractivity contribution in [2.24, 2.45) is 11.8 Å². The van der Waals surface area contributed by atoms with Crippen molar-refractivity contribution >= 4 is 11.9 Å². The Balaban J connectivity index is 4.51. The molecule has 0 bridgehead atoms. The highest BCUT2D eigenvalue weighted by molar-refractivity contribution is 5.91. The fourth-order valence-electron chi connectivity index (χ4n) is 2.80. The molecule has 2 unspecified atom stereocenters.